The molecule has 0 amide bonds. The molecule has 14 heavy (non-hydrogen) atoms. The summed E-state index contributed by atoms with van der Waals surface area (Å²) >= 11 is 0. The van der Waals surface area contributed by atoms with Crippen LogP contribution >= 0.6 is 0 Å². The molecule has 1 unspecified atom stereocenters. The van der Waals surface area contributed by atoms with E-state index in [0.29, 0.717) is 4.59 Å². The lowest BCUT2D eigenvalue weighted by Crippen LogP contribution is -2.29. The summed E-state index contributed by atoms with van der Waals surface area (Å²) < 4.78 is 0.630. The molecule has 0 saturated heterocycles. The number of aryl methyl sites for hydroxylation is 1. The second kappa shape index (κ2) is 3.39. The first-order chi connectivity index (χ1) is 6.70. The van der Waals surface area contributed by atoms with Crippen LogP contribution in [-0.4, -0.2) is 17.9 Å². The van der Waals surface area contributed by atoms with Crippen molar-refractivity contribution in [2.24, 2.45) is 5.10 Å². The Hall–Kier alpha value is -1.41. The van der Waals surface area contributed by atoms with Gasteiger partial charge in [-0.1, -0.05) is 29.4 Å². The first kappa shape index (κ1) is 9.16. The summed E-state index contributed by atoms with van der Waals surface area (Å²) in [6.45, 7) is 3.07. The van der Waals surface area contributed by atoms with Crippen molar-refractivity contribution in [2.75, 3.05) is 7.05 Å². The molecule has 0 aliphatic carbocycles. The maximum atomic E-state index is 4.41. The number of nitrogens with zero attached hydrogens (tertiary/aromatic N) is 2. The van der Waals surface area contributed by atoms with Crippen molar-refractivity contribution in [2.45, 2.75) is 13.5 Å². The molecule has 0 radical (unpaired) electrons. The number of hydrogen-bond donors (Lipinski definition) is 0. The number of hydrogen-bond acceptors (Lipinski definition) is 1. The number of quaternary nitrogens is 1. The molecule has 1 aliphatic rings. The Morgan fingerprint density at radius 2 is 2.07 bits per heavy atom. The molecule has 0 saturated carbocycles. The van der Waals surface area contributed by atoms with E-state index < -0.39 is 0 Å². The van der Waals surface area contributed by atoms with E-state index in [1.54, 1.807) is 0 Å². The molecule has 0 fully saturated rings. The molecule has 0 N–H and O–H groups in total. The van der Waals surface area contributed by atoms with E-state index in [-0.39, 0.29) is 0 Å². The van der Waals surface area contributed by atoms with Crippen LogP contribution in [0.1, 0.15) is 11.1 Å². The van der Waals surface area contributed by atoms with E-state index in [0.717, 1.165) is 6.54 Å². The second-order valence-electron chi connectivity index (χ2n) is 3.90. The van der Waals surface area contributed by atoms with Crippen LogP contribution in [0.3, 0.4) is 0 Å². The van der Waals surface area contributed by atoms with Crippen molar-refractivity contribution in [3.05, 3.63) is 47.7 Å². The molecule has 1 atom stereocenters. The van der Waals surface area contributed by atoms with Crippen LogP contribution in [0.5, 0.6) is 0 Å². The fraction of sp³-hybridized carbons (Fsp3) is 0.250. The predicted octanol–water partition coefficient (Wildman–Crippen LogP) is 2.45. The average Bonchev–Trinajstić information content (AvgIpc) is 2.57. The van der Waals surface area contributed by atoms with Gasteiger partial charge in [0.1, 0.15) is 12.7 Å². The van der Waals surface area contributed by atoms with Crippen LogP contribution in [0.2, 0.25) is 0 Å². The molecule has 2 heteroatoms. The van der Waals surface area contributed by atoms with Gasteiger partial charge in [-0.05, 0) is 12.5 Å². The molecular weight excluding hydrogens is 172 g/mol. The molecule has 1 heterocycles. The highest BCUT2D eigenvalue weighted by molar-refractivity contribution is 5.71. The van der Waals surface area contributed by atoms with E-state index in [1.165, 1.54) is 11.1 Å². The van der Waals surface area contributed by atoms with Gasteiger partial charge in [0.05, 0.1) is 13.3 Å². The van der Waals surface area contributed by atoms with Crippen molar-refractivity contribution in [1.82, 2.24) is 0 Å². The highest BCUT2D eigenvalue weighted by Crippen LogP contribution is 2.18. The molecule has 1 aromatic carbocycles. The largest absolute Gasteiger partial charge is 0.171 e. The summed E-state index contributed by atoms with van der Waals surface area (Å²) in [6.07, 6.45) is 5.96. The normalized spacial score (nSPS) is 24.4. The lowest BCUT2D eigenvalue weighted by atomic mass is 10.1. The second-order valence-corrected chi connectivity index (χ2v) is 3.90. The predicted molar refractivity (Wildman–Crippen MR) is 58.7 cm³/mol. The van der Waals surface area contributed by atoms with Crippen LogP contribution in [0.15, 0.2) is 41.6 Å². The molecule has 72 valence electrons. The summed E-state index contributed by atoms with van der Waals surface area (Å²) in [7, 11) is 2.10. The van der Waals surface area contributed by atoms with Gasteiger partial charge in [-0.15, -0.1) is 0 Å². The van der Waals surface area contributed by atoms with Crippen molar-refractivity contribution in [3.63, 3.8) is 0 Å². The Balaban J connectivity index is 2.23. The Labute approximate surface area is 84.8 Å². The van der Waals surface area contributed by atoms with Crippen LogP contribution in [0.4, 0.5) is 0 Å². The van der Waals surface area contributed by atoms with Gasteiger partial charge in [-0.25, -0.2) is 0 Å². The minimum atomic E-state index is 0.630. The number of rotatable bonds is 2. The van der Waals surface area contributed by atoms with Crippen molar-refractivity contribution < 1.29 is 4.59 Å². The van der Waals surface area contributed by atoms with E-state index in [9.17, 15) is 0 Å². The summed E-state index contributed by atoms with van der Waals surface area (Å²) in [6, 6.07) is 8.46. The summed E-state index contributed by atoms with van der Waals surface area (Å²) in [5.74, 6) is 0. The zero-order chi connectivity index (χ0) is 10.0. The zero-order valence-corrected chi connectivity index (χ0v) is 8.64. The molecule has 1 aliphatic heterocycles. The van der Waals surface area contributed by atoms with Crippen LogP contribution in [0.25, 0.3) is 0 Å². The highest BCUT2D eigenvalue weighted by atomic mass is 15.6. The maximum absolute atomic E-state index is 4.41. The zero-order valence-electron chi connectivity index (χ0n) is 8.64. The van der Waals surface area contributed by atoms with Crippen LogP contribution in [-0.2, 0) is 6.54 Å². The van der Waals surface area contributed by atoms with Gasteiger partial charge in [0.25, 0.3) is 0 Å². The lowest BCUT2D eigenvalue weighted by molar-refractivity contribution is -0.877. The van der Waals surface area contributed by atoms with Crippen molar-refractivity contribution in [1.29, 1.82) is 0 Å². The van der Waals surface area contributed by atoms with E-state index in [4.69, 9.17) is 0 Å². The molecule has 0 bridgehead atoms. The Morgan fingerprint density at radius 3 is 2.71 bits per heavy atom. The topological polar surface area (TPSA) is 12.4 Å². The molecule has 1 aromatic rings. The first-order valence-corrected chi connectivity index (χ1v) is 4.83. The van der Waals surface area contributed by atoms with Crippen LogP contribution in [0, 0.1) is 6.92 Å². The number of benzene rings is 1. The summed E-state index contributed by atoms with van der Waals surface area (Å²) in [5.41, 5.74) is 2.70. The van der Waals surface area contributed by atoms with Gasteiger partial charge >= 0.3 is 0 Å². The van der Waals surface area contributed by atoms with Gasteiger partial charge in [-0.3, -0.25) is 0 Å². The van der Waals surface area contributed by atoms with Gasteiger partial charge in [0.2, 0.25) is 0 Å². The van der Waals surface area contributed by atoms with Crippen molar-refractivity contribution in [3.8, 4) is 0 Å². The highest BCUT2D eigenvalue weighted by Gasteiger charge is 2.21. The van der Waals surface area contributed by atoms with Gasteiger partial charge in [-0.2, -0.15) is 4.59 Å². The van der Waals surface area contributed by atoms with Gasteiger partial charge in [0.15, 0.2) is 0 Å². The maximum Gasteiger partial charge on any atom is 0.133 e. The number of allylic oxidation sites excluding steroid dienone is 1. The standard InChI is InChI=1S/C12H15N2/c1-11-6-3-4-7-12(11)10-14(2)9-5-8-13-14/h3-9H,10H2,1-2H3/q+1. The van der Waals surface area contributed by atoms with Gasteiger partial charge < -0.3 is 0 Å². The fourth-order valence-electron chi connectivity index (χ4n) is 1.68. The summed E-state index contributed by atoms with van der Waals surface area (Å²) in [5, 5.41) is 4.41. The molecule has 0 aromatic heterocycles. The quantitative estimate of drug-likeness (QED) is 0.631. The SMILES string of the molecule is Cc1ccccc1C[N+]1(C)C=CC=N1. The average molecular weight is 187 g/mol. The van der Waals surface area contributed by atoms with E-state index in [1.807, 2.05) is 12.3 Å². The van der Waals surface area contributed by atoms with Crippen LogP contribution < -0.4 is 0 Å². The Bertz CT molecular complexity index is 379. The van der Waals surface area contributed by atoms with E-state index in [2.05, 4.69) is 49.5 Å². The first-order valence-electron chi connectivity index (χ1n) is 4.83. The Morgan fingerprint density at radius 1 is 1.29 bits per heavy atom. The third kappa shape index (κ3) is 1.75. The smallest absolute Gasteiger partial charge is 0.133 e. The molecule has 2 nitrogen and oxygen atoms in total. The lowest BCUT2D eigenvalue weighted by Gasteiger charge is -2.21. The summed E-state index contributed by atoms with van der Waals surface area (Å²) in [4.78, 5) is 0. The van der Waals surface area contributed by atoms with Gasteiger partial charge in [0, 0.05) is 11.6 Å². The Kier molecular flexibility index (Phi) is 2.22. The molecule has 0 spiro atoms. The minimum Gasteiger partial charge on any atom is -0.171 e. The molecule has 2 rings (SSSR count). The van der Waals surface area contributed by atoms with E-state index >= 15 is 0 Å². The molecular formula is C12H15N2+. The fourth-order valence-corrected chi connectivity index (χ4v) is 1.68. The third-order valence-electron chi connectivity index (χ3n) is 2.58. The van der Waals surface area contributed by atoms with Crippen molar-refractivity contribution >= 4 is 6.21 Å². The minimum absolute atomic E-state index is 0.630. The monoisotopic (exact) mass is 187 g/mol. The third-order valence-corrected chi connectivity index (χ3v) is 2.58.